The van der Waals surface area contributed by atoms with Crippen molar-refractivity contribution in [1.29, 1.82) is 0 Å². The summed E-state index contributed by atoms with van der Waals surface area (Å²) >= 11 is 3.45. The molecule has 0 heterocycles. The van der Waals surface area contributed by atoms with E-state index >= 15 is 0 Å². The molecule has 0 saturated carbocycles. The van der Waals surface area contributed by atoms with Crippen molar-refractivity contribution < 1.29 is 9.53 Å². The van der Waals surface area contributed by atoms with Crippen LogP contribution < -0.4 is 15.5 Å². The molecule has 0 aliphatic heterocycles. The van der Waals surface area contributed by atoms with E-state index in [1.807, 2.05) is 50.2 Å². The number of ether oxygens (including phenoxy) is 1. The molecule has 0 aromatic heterocycles. The number of para-hydroxylation sites is 1. The molecular formula is C17H18BrN3O2. The second-order valence-corrected chi connectivity index (χ2v) is 5.90. The number of nitrogens with one attached hydrogen (secondary N) is 2. The monoisotopic (exact) mass is 375 g/mol. The highest BCUT2D eigenvalue weighted by Gasteiger charge is 2.04. The third-order valence-corrected chi connectivity index (χ3v) is 3.35. The fraction of sp³-hybridized carbons (Fsp3) is 0.176. The van der Waals surface area contributed by atoms with Crippen LogP contribution >= 0.6 is 15.9 Å². The highest BCUT2D eigenvalue weighted by atomic mass is 79.9. The molecular weight excluding hydrogens is 358 g/mol. The number of carbonyl (C=O) groups excluding carboxylic acids is 1. The van der Waals surface area contributed by atoms with Gasteiger partial charge in [-0.25, -0.2) is 10.2 Å². The van der Waals surface area contributed by atoms with Crippen LogP contribution in [0.25, 0.3) is 0 Å². The van der Waals surface area contributed by atoms with Gasteiger partial charge in [-0.15, -0.1) is 0 Å². The molecule has 0 aliphatic rings. The predicted molar refractivity (Wildman–Crippen MR) is 96.1 cm³/mol. The van der Waals surface area contributed by atoms with E-state index in [-0.39, 0.29) is 6.10 Å². The number of hydrogen-bond acceptors (Lipinski definition) is 3. The van der Waals surface area contributed by atoms with E-state index in [1.54, 1.807) is 18.3 Å². The highest BCUT2D eigenvalue weighted by molar-refractivity contribution is 9.10. The van der Waals surface area contributed by atoms with Crippen LogP contribution in [0.5, 0.6) is 5.75 Å². The van der Waals surface area contributed by atoms with Crippen molar-refractivity contribution in [3.05, 3.63) is 58.6 Å². The van der Waals surface area contributed by atoms with Gasteiger partial charge < -0.3 is 10.1 Å². The lowest BCUT2D eigenvalue weighted by molar-refractivity contribution is 0.241. The summed E-state index contributed by atoms with van der Waals surface area (Å²) in [6, 6.07) is 14.4. The molecule has 0 saturated heterocycles. The second kappa shape index (κ2) is 8.33. The molecule has 0 fully saturated rings. The third kappa shape index (κ3) is 5.75. The van der Waals surface area contributed by atoms with Gasteiger partial charge in [0.25, 0.3) is 0 Å². The van der Waals surface area contributed by atoms with Gasteiger partial charge in [0.2, 0.25) is 0 Å². The zero-order valence-corrected chi connectivity index (χ0v) is 14.5. The number of anilines is 1. The zero-order valence-electron chi connectivity index (χ0n) is 12.9. The summed E-state index contributed by atoms with van der Waals surface area (Å²) in [6.45, 7) is 3.94. The van der Waals surface area contributed by atoms with E-state index in [4.69, 9.17) is 4.74 Å². The maximum absolute atomic E-state index is 11.7. The Balaban J connectivity index is 1.90. The number of amides is 2. The molecule has 2 aromatic carbocycles. The molecule has 2 aromatic rings. The average Bonchev–Trinajstić information content (AvgIpc) is 2.50. The van der Waals surface area contributed by atoms with Crippen LogP contribution in [-0.2, 0) is 0 Å². The van der Waals surface area contributed by atoms with Gasteiger partial charge in [0.05, 0.1) is 16.8 Å². The summed E-state index contributed by atoms with van der Waals surface area (Å²) in [7, 11) is 0. The fourth-order valence-electron chi connectivity index (χ4n) is 1.79. The lowest BCUT2D eigenvalue weighted by atomic mass is 10.2. The van der Waals surface area contributed by atoms with Gasteiger partial charge >= 0.3 is 6.03 Å². The Morgan fingerprint density at radius 2 is 1.96 bits per heavy atom. The molecule has 6 heteroatoms. The van der Waals surface area contributed by atoms with Crippen LogP contribution in [0.1, 0.15) is 19.4 Å². The summed E-state index contributed by atoms with van der Waals surface area (Å²) in [5.74, 6) is 0.770. The first-order valence-corrected chi connectivity index (χ1v) is 7.95. The lowest BCUT2D eigenvalue weighted by Gasteiger charge is -2.11. The van der Waals surface area contributed by atoms with Crippen LogP contribution in [0.3, 0.4) is 0 Å². The number of hydrazone groups is 1. The third-order valence-electron chi connectivity index (χ3n) is 2.73. The average molecular weight is 376 g/mol. The van der Waals surface area contributed by atoms with Gasteiger partial charge in [0.15, 0.2) is 0 Å². The number of hydrogen-bond donors (Lipinski definition) is 2. The first-order valence-electron chi connectivity index (χ1n) is 7.16. The van der Waals surface area contributed by atoms with Gasteiger partial charge in [-0.3, -0.25) is 0 Å². The fourth-order valence-corrected chi connectivity index (χ4v) is 2.28. The molecule has 0 unspecified atom stereocenters. The Morgan fingerprint density at radius 3 is 2.61 bits per heavy atom. The van der Waals surface area contributed by atoms with E-state index in [0.29, 0.717) is 5.69 Å². The van der Waals surface area contributed by atoms with E-state index in [9.17, 15) is 4.79 Å². The van der Waals surface area contributed by atoms with Crippen molar-refractivity contribution in [3.8, 4) is 5.75 Å². The molecule has 5 nitrogen and oxygen atoms in total. The highest BCUT2D eigenvalue weighted by Crippen LogP contribution is 2.26. The molecule has 2 rings (SSSR count). The summed E-state index contributed by atoms with van der Waals surface area (Å²) in [4.78, 5) is 11.7. The van der Waals surface area contributed by atoms with Crippen molar-refractivity contribution in [2.24, 2.45) is 5.10 Å². The maximum Gasteiger partial charge on any atom is 0.339 e. The number of halogens is 1. The largest absolute Gasteiger partial charge is 0.490 e. The summed E-state index contributed by atoms with van der Waals surface area (Å²) < 4.78 is 6.47. The Labute approximate surface area is 143 Å². The quantitative estimate of drug-likeness (QED) is 0.601. The molecule has 0 radical (unpaired) electrons. The molecule has 0 bridgehead atoms. The molecule has 2 N–H and O–H groups in total. The Kier molecular flexibility index (Phi) is 6.17. The topological polar surface area (TPSA) is 62.7 Å². The van der Waals surface area contributed by atoms with E-state index in [0.717, 1.165) is 15.8 Å². The molecule has 0 spiro atoms. The van der Waals surface area contributed by atoms with Crippen LogP contribution in [0.15, 0.2) is 58.1 Å². The minimum absolute atomic E-state index is 0.106. The minimum Gasteiger partial charge on any atom is -0.490 e. The first kappa shape index (κ1) is 17.0. The minimum atomic E-state index is -0.397. The van der Waals surface area contributed by atoms with Gasteiger partial charge in [0.1, 0.15) is 5.75 Å². The smallest absolute Gasteiger partial charge is 0.339 e. The van der Waals surface area contributed by atoms with Crippen molar-refractivity contribution in [2.45, 2.75) is 20.0 Å². The zero-order chi connectivity index (χ0) is 16.7. The molecule has 23 heavy (non-hydrogen) atoms. The molecule has 2 amide bonds. The number of benzene rings is 2. The van der Waals surface area contributed by atoms with E-state index in [1.165, 1.54) is 0 Å². The van der Waals surface area contributed by atoms with E-state index in [2.05, 4.69) is 31.8 Å². The number of urea groups is 1. The molecule has 0 aliphatic carbocycles. The molecule has 0 atom stereocenters. The Morgan fingerprint density at radius 1 is 1.22 bits per heavy atom. The maximum atomic E-state index is 11.7. The van der Waals surface area contributed by atoms with Crippen LogP contribution in [0, 0.1) is 0 Å². The van der Waals surface area contributed by atoms with Crippen LogP contribution in [0.2, 0.25) is 0 Å². The molecule has 120 valence electrons. The van der Waals surface area contributed by atoms with Gasteiger partial charge in [-0.2, -0.15) is 5.10 Å². The van der Waals surface area contributed by atoms with Crippen molar-refractivity contribution in [1.82, 2.24) is 5.43 Å². The number of rotatable bonds is 5. The second-order valence-electron chi connectivity index (χ2n) is 5.05. The Hall–Kier alpha value is -2.34. The number of nitrogens with zero attached hydrogens (tertiary/aromatic N) is 1. The van der Waals surface area contributed by atoms with Gasteiger partial charge in [-0.05, 0) is 65.7 Å². The summed E-state index contributed by atoms with van der Waals surface area (Å²) in [5, 5.41) is 6.60. The van der Waals surface area contributed by atoms with Crippen molar-refractivity contribution >= 4 is 33.9 Å². The number of carbonyl (C=O) groups is 1. The standard InChI is InChI=1S/C17H18BrN3O2/c1-12(2)23-16-9-8-13(10-15(16)18)11-19-21-17(22)20-14-6-4-3-5-7-14/h3-12H,1-2H3,(H2,20,21,22)/b19-11+. The van der Waals surface area contributed by atoms with Gasteiger partial charge in [0, 0.05) is 5.69 Å². The predicted octanol–water partition coefficient (Wildman–Crippen LogP) is 4.39. The van der Waals surface area contributed by atoms with Crippen LogP contribution in [0.4, 0.5) is 10.5 Å². The lowest BCUT2D eigenvalue weighted by Crippen LogP contribution is -2.24. The van der Waals surface area contributed by atoms with Crippen molar-refractivity contribution in [3.63, 3.8) is 0 Å². The van der Waals surface area contributed by atoms with Crippen LogP contribution in [-0.4, -0.2) is 18.3 Å². The van der Waals surface area contributed by atoms with E-state index < -0.39 is 6.03 Å². The van der Waals surface area contributed by atoms with Gasteiger partial charge in [-0.1, -0.05) is 18.2 Å². The normalized spacial score (nSPS) is 10.8. The van der Waals surface area contributed by atoms with Crippen molar-refractivity contribution in [2.75, 3.05) is 5.32 Å². The summed E-state index contributed by atoms with van der Waals surface area (Å²) in [5.41, 5.74) is 3.97. The summed E-state index contributed by atoms with van der Waals surface area (Å²) in [6.07, 6.45) is 1.67. The SMILES string of the molecule is CC(C)Oc1ccc(/C=N/NC(=O)Nc2ccccc2)cc1Br. The first-order chi connectivity index (χ1) is 11.0. The Bertz CT molecular complexity index is 687.